The second kappa shape index (κ2) is 8.32. The van der Waals surface area contributed by atoms with Crippen molar-refractivity contribution < 1.29 is 18.7 Å². The average molecular weight is 357 g/mol. The highest BCUT2D eigenvalue weighted by atomic mass is 19.1. The monoisotopic (exact) mass is 357 g/mol. The van der Waals surface area contributed by atoms with Gasteiger partial charge in [-0.2, -0.15) is 0 Å². The molecule has 1 fully saturated rings. The molecule has 0 bridgehead atoms. The molecule has 26 heavy (non-hydrogen) atoms. The van der Waals surface area contributed by atoms with Crippen molar-refractivity contribution >= 4 is 5.91 Å². The molecule has 0 unspecified atom stereocenters. The Hall–Kier alpha value is -2.40. The smallest absolute Gasteiger partial charge is 0.253 e. The second-order valence-electron chi connectivity index (χ2n) is 6.37. The van der Waals surface area contributed by atoms with E-state index < -0.39 is 0 Å². The predicted octanol–water partition coefficient (Wildman–Crippen LogP) is 4.14. The normalized spacial score (nSPS) is 15.1. The fourth-order valence-corrected chi connectivity index (χ4v) is 3.29. The van der Waals surface area contributed by atoms with Crippen LogP contribution in [0.2, 0.25) is 0 Å². The largest absolute Gasteiger partial charge is 0.497 e. The molecule has 1 aliphatic rings. The number of hydrogen-bond acceptors (Lipinski definition) is 3. The number of amides is 1. The highest BCUT2D eigenvalue weighted by Crippen LogP contribution is 2.27. The summed E-state index contributed by atoms with van der Waals surface area (Å²) >= 11 is 0. The van der Waals surface area contributed by atoms with Crippen LogP contribution in [0, 0.1) is 5.82 Å². The number of ether oxygens (including phenoxy) is 2. The van der Waals surface area contributed by atoms with Crippen molar-refractivity contribution in [3.63, 3.8) is 0 Å². The summed E-state index contributed by atoms with van der Waals surface area (Å²) in [5, 5.41) is 0. The van der Waals surface area contributed by atoms with Gasteiger partial charge in [-0.25, -0.2) is 4.39 Å². The number of methoxy groups -OCH3 is 1. The Bertz CT molecular complexity index is 752. The number of rotatable bonds is 5. The van der Waals surface area contributed by atoms with Gasteiger partial charge in [-0.3, -0.25) is 4.79 Å². The van der Waals surface area contributed by atoms with E-state index in [0.29, 0.717) is 36.6 Å². The van der Waals surface area contributed by atoms with Crippen molar-refractivity contribution in [1.82, 2.24) is 4.90 Å². The maximum Gasteiger partial charge on any atom is 0.253 e. The highest BCUT2D eigenvalue weighted by Gasteiger charge is 2.23. The Kier molecular flexibility index (Phi) is 5.89. The summed E-state index contributed by atoms with van der Waals surface area (Å²) < 4.78 is 24.9. The van der Waals surface area contributed by atoms with Crippen molar-refractivity contribution in [2.75, 3.05) is 26.8 Å². The Morgan fingerprint density at radius 1 is 1.15 bits per heavy atom. The Labute approximate surface area is 153 Å². The number of nitrogens with zero attached hydrogens (tertiary/aromatic N) is 1. The predicted molar refractivity (Wildman–Crippen MR) is 98.9 cm³/mol. The average Bonchev–Trinajstić information content (AvgIpc) is 2.68. The molecule has 0 aliphatic carbocycles. The third kappa shape index (κ3) is 4.05. The molecule has 0 radical (unpaired) electrons. The van der Waals surface area contributed by atoms with Gasteiger partial charge in [0, 0.05) is 36.9 Å². The second-order valence-corrected chi connectivity index (χ2v) is 6.37. The fraction of sp³-hybridized carbons (Fsp3) is 0.381. The SMILES string of the molecule is CCOC1CCN(C(=O)c2ccc(-c3ccc(OC)cc3F)cc2)CC1. The van der Waals surface area contributed by atoms with Crippen LogP contribution in [-0.4, -0.2) is 43.7 Å². The number of piperidine rings is 1. The summed E-state index contributed by atoms with van der Waals surface area (Å²) in [6, 6.07) is 11.8. The molecular weight excluding hydrogens is 333 g/mol. The van der Waals surface area contributed by atoms with E-state index in [2.05, 4.69) is 0 Å². The van der Waals surface area contributed by atoms with Crippen LogP contribution in [0.1, 0.15) is 30.1 Å². The number of likely N-dealkylation sites (tertiary alicyclic amines) is 1. The maximum atomic E-state index is 14.2. The maximum absolute atomic E-state index is 14.2. The molecule has 0 aromatic heterocycles. The summed E-state index contributed by atoms with van der Waals surface area (Å²) in [7, 11) is 1.51. The van der Waals surface area contributed by atoms with E-state index in [0.717, 1.165) is 18.4 Å². The fourth-order valence-electron chi connectivity index (χ4n) is 3.29. The van der Waals surface area contributed by atoms with Crippen molar-refractivity contribution in [2.24, 2.45) is 0 Å². The van der Waals surface area contributed by atoms with Gasteiger partial charge in [-0.05, 0) is 49.6 Å². The first-order valence-corrected chi connectivity index (χ1v) is 8.97. The first kappa shape index (κ1) is 18.4. The molecule has 1 saturated heterocycles. The van der Waals surface area contributed by atoms with Crippen LogP contribution in [-0.2, 0) is 4.74 Å². The molecule has 0 saturated carbocycles. The number of benzene rings is 2. The van der Waals surface area contributed by atoms with E-state index in [1.807, 2.05) is 11.8 Å². The summed E-state index contributed by atoms with van der Waals surface area (Å²) in [6.45, 7) is 4.11. The summed E-state index contributed by atoms with van der Waals surface area (Å²) in [5.74, 6) is 0.150. The van der Waals surface area contributed by atoms with Crippen LogP contribution in [0.3, 0.4) is 0 Å². The lowest BCUT2D eigenvalue weighted by Crippen LogP contribution is -2.40. The van der Waals surface area contributed by atoms with Crippen LogP contribution < -0.4 is 4.74 Å². The van der Waals surface area contributed by atoms with Crippen LogP contribution in [0.4, 0.5) is 4.39 Å². The Morgan fingerprint density at radius 3 is 2.42 bits per heavy atom. The van der Waals surface area contributed by atoms with Crippen molar-refractivity contribution in [2.45, 2.75) is 25.9 Å². The molecule has 0 spiro atoms. The van der Waals surface area contributed by atoms with Gasteiger partial charge in [0.2, 0.25) is 0 Å². The molecule has 2 aromatic rings. The summed E-state index contributed by atoms with van der Waals surface area (Å²) in [5.41, 5.74) is 1.84. The Morgan fingerprint density at radius 2 is 1.85 bits per heavy atom. The standard InChI is InChI=1S/C21H24FNO3/c1-3-26-17-10-12-23(13-11-17)21(24)16-6-4-15(5-7-16)19-9-8-18(25-2)14-20(19)22/h4-9,14,17H,3,10-13H2,1-2H3. The summed E-state index contributed by atoms with van der Waals surface area (Å²) in [4.78, 5) is 14.5. The first-order valence-electron chi connectivity index (χ1n) is 8.97. The molecule has 4 nitrogen and oxygen atoms in total. The highest BCUT2D eigenvalue weighted by molar-refractivity contribution is 5.94. The number of carbonyl (C=O) groups is 1. The minimum absolute atomic E-state index is 0.0155. The van der Waals surface area contributed by atoms with Crippen molar-refractivity contribution in [1.29, 1.82) is 0 Å². The van der Waals surface area contributed by atoms with E-state index in [9.17, 15) is 9.18 Å². The molecule has 1 heterocycles. The van der Waals surface area contributed by atoms with E-state index in [-0.39, 0.29) is 17.8 Å². The van der Waals surface area contributed by atoms with Crippen LogP contribution in [0.5, 0.6) is 5.75 Å². The van der Waals surface area contributed by atoms with Crippen molar-refractivity contribution in [3.05, 3.63) is 53.8 Å². The molecule has 0 atom stereocenters. The summed E-state index contributed by atoms with van der Waals surface area (Å²) in [6.07, 6.45) is 1.99. The molecule has 1 amide bonds. The first-order chi connectivity index (χ1) is 12.6. The van der Waals surface area contributed by atoms with E-state index >= 15 is 0 Å². The van der Waals surface area contributed by atoms with Gasteiger partial charge in [0.1, 0.15) is 11.6 Å². The number of carbonyl (C=O) groups excluding carboxylic acids is 1. The van der Waals surface area contributed by atoms with Crippen LogP contribution in [0.15, 0.2) is 42.5 Å². The number of halogens is 1. The lowest BCUT2D eigenvalue weighted by atomic mass is 10.0. The minimum Gasteiger partial charge on any atom is -0.497 e. The van der Waals surface area contributed by atoms with Gasteiger partial charge in [0.15, 0.2) is 0 Å². The van der Waals surface area contributed by atoms with Gasteiger partial charge in [0.25, 0.3) is 5.91 Å². The van der Waals surface area contributed by atoms with Gasteiger partial charge in [-0.1, -0.05) is 12.1 Å². The zero-order valence-corrected chi connectivity index (χ0v) is 15.2. The van der Waals surface area contributed by atoms with E-state index in [1.54, 1.807) is 36.4 Å². The molecule has 1 aliphatic heterocycles. The lowest BCUT2D eigenvalue weighted by Gasteiger charge is -2.31. The quantitative estimate of drug-likeness (QED) is 0.807. The van der Waals surface area contributed by atoms with Gasteiger partial charge in [0.05, 0.1) is 13.2 Å². The minimum atomic E-state index is -0.346. The van der Waals surface area contributed by atoms with Gasteiger partial charge in [-0.15, -0.1) is 0 Å². The third-order valence-electron chi connectivity index (χ3n) is 4.75. The van der Waals surface area contributed by atoms with Crippen LogP contribution >= 0.6 is 0 Å². The molecule has 2 aromatic carbocycles. The lowest BCUT2D eigenvalue weighted by molar-refractivity contribution is 0.0146. The van der Waals surface area contributed by atoms with E-state index in [1.165, 1.54) is 13.2 Å². The zero-order chi connectivity index (χ0) is 18.5. The Balaban J connectivity index is 1.69. The molecular formula is C21H24FNO3. The van der Waals surface area contributed by atoms with E-state index in [4.69, 9.17) is 9.47 Å². The molecule has 0 N–H and O–H groups in total. The number of hydrogen-bond donors (Lipinski definition) is 0. The van der Waals surface area contributed by atoms with Crippen molar-refractivity contribution in [3.8, 4) is 16.9 Å². The van der Waals surface area contributed by atoms with Gasteiger partial charge >= 0.3 is 0 Å². The topological polar surface area (TPSA) is 38.8 Å². The van der Waals surface area contributed by atoms with Crippen LogP contribution in [0.25, 0.3) is 11.1 Å². The third-order valence-corrected chi connectivity index (χ3v) is 4.75. The molecule has 138 valence electrons. The zero-order valence-electron chi connectivity index (χ0n) is 15.2. The van der Waals surface area contributed by atoms with Gasteiger partial charge < -0.3 is 14.4 Å². The molecule has 3 rings (SSSR count). The molecule has 5 heteroatoms.